The van der Waals surface area contributed by atoms with Crippen molar-refractivity contribution < 1.29 is 9.90 Å². The van der Waals surface area contributed by atoms with Gasteiger partial charge in [0.25, 0.3) is 5.91 Å². The molecule has 0 spiro atoms. The second-order valence-corrected chi connectivity index (χ2v) is 6.32. The molecule has 4 nitrogen and oxygen atoms in total. The van der Waals surface area contributed by atoms with Gasteiger partial charge < -0.3 is 10.0 Å². The highest BCUT2D eigenvalue weighted by Gasteiger charge is 2.32. The Hall–Kier alpha value is -2.20. The number of rotatable bonds is 5. The number of aliphatic hydroxyl groups excluding tert-OH is 1. The molecule has 1 aromatic heterocycles. The van der Waals surface area contributed by atoms with Crippen molar-refractivity contribution in [1.82, 2.24) is 9.88 Å². The standard InChI is InChI=1S/C20H24N2O2/c1-2-15-10-6-12-21-19(15)20(24)22-13-7-11-17(22)14-18(23)16-8-4-3-5-9-16/h3-6,8-10,12,17-18,23H,2,7,11,13-14H2,1H3. The summed E-state index contributed by atoms with van der Waals surface area (Å²) >= 11 is 0. The van der Waals surface area contributed by atoms with Crippen LogP contribution < -0.4 is 0 Å². The third kappa shape index (κ3) is 3.49. The second kappa shape index (κ2) is 7.58. The molecule has 1 aliphatic heterocycles. The highest BCUT2D eigenvalue weighted by molar-refractivity contribution is 5.94. The molecule has 0 radical (unpaired) electrons. The first-order chi connectivity index (χ1) is 11.7. The molecule has 24 heavy (non-hydrogen) atoms. The summed E-state index contributed by atoms with van der Waals surface area (Å²) in [7, 11) is 0. The summed E-state index contributed by atoms with van der Waals surface area (Å²) in [5.41, 5.74) is 2.45. The Bertz CT molecular complexity index is 687. The molecule has 1 N–H and O–H groups in total. The topological polar surface area (TPSA) is 53.4 Å². The predicted octanol–water partition coefficient (Wildman–Crippen LogP) is 3.37. The molecule has 2 heterocycles. The van der Waals surface area contributed by atoms with Crippen LogP contribution in [-0.4, -0.2) is 33.5 Å². The van der Waals surface area contributed by atoms with Crippen molar-refractivity contribution in [2.24, 2.45) is 0 Å². The molecule has 1 aliphatic rings. The Morgan fingerprint density at radius 1 is 1.29 bits per heavy atom. The molecule has 1 aromatic carbocycles. The van der Waals surface area contributed by atoms with Crippen LogP contribution in [0.25, 0.3) is 0 Å². The molecule has 1 amide bonds. The molecular formula is C20H24N2O2. The Morgan fingerprint density at radius 3 is 2.83 bits per heavy atom. The lowest BCUT2D eigenvalue weighted by Gasteiger charge is -2.27. The maximum absolute atomic E-state index is 12.9. The quantitative estimate of drug-likeness (QED) is 0.917. The van der Waals surface area contributed by atoms with Crippen LogP contribution in [0.15, 0.2) is 48.7 Å². The number of aromatic nitrogens is 1. The minimum absolute atomic E-state index is 0.00443. The highest BCUT2D eigenvalue weighted by atomic mass is 16.3. The van der Waals surface area contributed by atoms with E-state index in [-0.39, 0.29) is 11.9 Å². The lowest BCUT2D eigenvalue weighted by molar-refractivity contribution is 0.0660. The van der Waals surface area contributed by atoms with E-state index in [9.17, 15) is 9.90 Å². The fourth-order valence-electron chi connectivity index (χ4n) is 3.47. The number of amides is 1. The van der Waals surface area contributed by atoms with Gasteiger partial charge in [0.05, 0.1) is 6.10 Å². The summed E-state index contributed by atoms with van der Waals surface area (Å²) in [5, 5.41) is 10.5. The van der Waals surface area contributed by atoms with Crippen molar-refractivity contribution in [3.8, 4) is 0 Å². The fraction of sp³-hybridized carbons (Fsp3) is 0.400. The Morgan fingerprint density at radius 2 is 2.08 bits per heavy atom. The summed E-state index contributed by atoms with van der Waals surface area (Å²) in [6.07, 6.45) is 4.41. The highest BCUT2D eigenvalue weighted by Crippen LogP contribution is 2.28. The molecular weight excluding hydrogens is 300 g/mol. The number of benzene rings is 1. The van der Waals surface area contributed by atoms with Crippen molar-refractivity contribution in [3.63, 3.8) is 0 Å². The number of nitrogens with zero attached hydrogens (tertiary/aromatic N) is 2. The van der Waals surface area contributed by atoms with Crippen LogP contribution in [0.4, 0.5) is 0 Å². The number of hydrogen-bond donors (Lipinski definition) is 1. The molecule has 1 saturated heterocycles. The SMILES string of the molecule is CCc1cccnc1C(=O)N1CCCC1CC(O)c1ccccc1. The molecule has 0 saturated carbocycles. The van der Waals surface area contributed by atoms with Crippen LogP contribution in [-0.2, 0) is 6.42 Å². The van der Waals surface area contributed by atoms with E-state index in [2.05, 4.69) is 4.98 Å². The molecule has 126 valence electrons. The van der Waals surface area contributed by atoms with E-state index >= 15 is 0 Å². The van der Waals surface area contributed by atoms with Crippen molar-refractivity contribution in [3.05, 3.63) is 65.5 Å². The van der Waals surface area contributed by atoms with E-state index in [0.29, 0.717) is 12.1 Å². The zero-order valence-electron chi connectivity index (χ0n) is 14.1. The van der Waals surface area contributed by atoms with Crippen LogP contribution in [0.5, 0.6) is 0 Å². The molecule has 2 atom stereocenters. The molecule has 4 heteroatoms. The van der Waals surface area contributed by atoms with E-state index in [1.807, 2.05) is 54.3 Å². The van der Waals surface area contributed by atoms with Gasteiger partial charge in [0.2, 0.25) is 0 Å². The van der Waals surface area contributed by atoms with Crippen molar-refractivity contribution in [2.75, 3.05) is 6.54 Å². The van der Waals surface area contributed by atoms with Crippen molar-refractivity contribution >= 4 is 5.91 Å². The van der Waals surface area contributed by atoms with Gasteiger partial charge in [-0.15, -0.1) is 0 Å². The largest absolute Gasteiger partial charge is 0.388 e. The zero-order valence-corrected chi connectivity index (χ0v) is 14.1. The maximum Gasteiger partial charge on any atom is 0.272 e. The second-order valence-electron chi connectivity index (χ2n) is 6.32. The number of likely N-dealkylation sites (tertiary alicyclic amines) is 1. The van der Waals surface area contributed by atoms with E-state index in [1.165, 1.54) is 0 Å². The van der Waals surface area contributed by atoms with Crippen LogP contribution >= 0.6 is 0 Å². The number of pyridine rings is 1. The van der Waals surface area contributed by atoms with Gasteiger partial charge in [-0.2, -0.15) is 0 Å². The molecule has 0 aliphatic carbocycles. The van der Waals surface area contributed by atoms with E-state index in [1.54, 1.807) is 6.20 Å². The zero-order chi connectivity index (χ0) is 16.9. The van der Waals surface area contributed by atoms with Gasteiger partial charge in [-0.1, -0.05) is 43.3 Å². The van der Waals surface area contributed by atoms with Crippen LogP contribution in [0, 0.1) is 0 Å². The molecule has 1 fully saturated rings. The third-order valence-electron chi connectivity index (χ3n) is 4.79. The van der Waals surface area contributed by atoms with Gasteiger partial charge in [0, 0.05) is 18.8 Å². The van der Waals surface area contributed by atoms with Crippen LogP contribution in [0.1, 0.15) is 53.9 Å². The van der Waals surface area contributed by atoms with Gasteiger partial charge in [0.15, 0.2) is 0 Å². The molecule has 2 unspecified atom stereocenters. The number of aliphatic hydroxyl groups is 1. The first kappa shape index (κ1) is 16.7. The van der Waals surface area contributed by atoms with Gasteiger partial charge in [-0.25, -0.2) is 0 Å². The minimum atomic E-state index is -0.543. The fourth-order valence-corrected chi connectivity index (χ4v) is 3.47. The van der Waals surface area contributed by atoms with Crippen molar-refractivity contribution in [2.45, 2.75) is 44.8 Å². The number of carbonyl (C=O) groups is 1. The number of hydrogen-bond acceptors (Lipinski definition) is 3. The third-order valence-corrected chi connectivity index (χ3v) is 4.79. The first-order valence-corrected chi connectivity index (χ1v) is 8.68. The summed E-state index contributed by atoms with van der Waals surface area (Å²) in [6.45, 7) is 2.78. The van der Waals surface area contributed by atoms with E-state index in [0.717, 1.165) is 36.9 Å². The average molecular weight is 324 g/mol. The summed E-state index contributed by atoms with van der Waals surface area (Å²) in [4.78, 5) is 19.1. The van der Waals surface area contributed by atoms with Gasteiger partial charge >= 0.3 is 0 Å². The lowest BCUT2D eigenvalue weighted by atomic mass is 10.00. The number of carbonyl (C=O) groups excluding carboxylic acids is 1. The van der Waals surface area contributed by atoms with E-state index in [4.69, 9.17) is 0 Å². The summed E-state index contributed by atoms with van der Waals surface area (Å²) in [5.74, 6) is -0.00443. The smallest absolute Gasteiger partial charge is 0.272 e. The maximum atomic E-state index is 12.9. The van der Waals surface area contributed by atoms with Gasteiger partial charge in [-0.05, 0) is 42.9 Å². The van der Waals surface area contributed by atoms with E-state index < -0.39 is 6.10 Å². The molecule has 0 bridgehead atoms. The van der Waals surface area contributed by atoms with Gasteiger partial charge in [0.1, 0.15) is 5.69 Å². The van der Waals surface area contributed by atoms with Crippen LogP contribution in [0.3, 0.4) is 0 Å². The Labute approximate surface area is 143 Å². The normalized spacial score (nSPS) is 18.6. The van der Waals surface area contributed by atoms with Crippen molar-refractivity contribution in [1.29, 1.82) is 0 Å². The molecule has 3 rings (SSSR count). The number of aryl methyl sites for hydroxylation is 1. The lowest BCUT2D eigenvalue weighted by Crippen LogP contribution is -2.37. The predicted molar refractivity (Wildman–Crippen MR) is 93.7 cm³/mol. The average Bonchev–Trinajstić information content (AvgIpc) is 3.09. The first-order valence-electron chi connectivity index (χ1n) is 8.68. The molecule has 2 aromatic rings. The van der Waals surface area contributed by atoms with Crippen LogP contribution in [0.2, 0.25) is 0 Å². The monoisotopic (exact) mass is 324 g/mol. The summed E-state index contributed by atoms with van der Waals surface area (Å²) < 4.78 is 0. The Balaban J connectivity index is 1.74. The Kier molecular flexibility index (Phi) is 5.26. The minimum Gasteiger partial charge on any atom is -0.388 e. The van der Waals surface area contributed by atoms with Gasteiger partial charge in [-0.3, -0.25) is 9.78 Å². The summed E-state index contributed by atoms with van der Waals surface area (Å²) in [6, 6.07) is 13.6.